The van der Waals surface area contributed by atoms with Crippen LogP contribution in [-0.4, -0.2) is 32.5 Å². The molecule has 114 valence electrons. The van der Waals surface area contributed by atoms with Crippen LogP contribution in [0.1, 0.15) is 31.2 Å². The number of nitriles is 1. The summed E-state index contributed by atoms with van der Waals surface area (Å²) in [5.74, 6) is 1.28. The molecule has 5 nitrogen and oxygen atoms in total. The second kappa shape index (κ2) is 7.87. The van der Waals surface area contributed by atoms with E-state index in [0.29, 0.717) is 30.6 Å². The smallest absolute Gasteiger partial charge is 0.140 e. The Balaban J connectivity index is 1.99. The molecule has 5 heteroatoms. The van der Waals surface area contributed by atoms with Crippen molar-refractivity contribution in [3.05, 3.63) is 23.8 Å². The average Bonchev–Trinajstić information content (AvgIpc) is 2.50. The number of rotatable bonds is 6. The van der Waals surface area contributed by atoms with Gasteiger partial charge in [-0.1, -0.05) is 0 Å². The van der Waals surface area contributed by atoms with E-state index >= 15 is 0 Å². The van der Waals surface area contributed by atoms with E-state index < -0.39 is 0 Å². The van der Waals surface area contributed by atoms with Gasteiger partial charge < -0.3 is 19.9 Å². The highest BCUT2D eigenvalue weighted by Gasteiger charge is 2.20. The number of nitrogens with zero attached hydrogens (tertiary/aromatic N) is 1. The fourth-order valence-corrected chi connectivity index (χ4v) is 2.42. The van der Waals surface area contributed by atoms with Gasteiger partial charge in [-0.25, -0.2) is 0 Å². The van der Waals surface area contributed by atoms with Crippen LogP contribution >= 0.6 is 0 Å². The Morgan fingerprint density at radius 3 is 2.67 bits per heavy atom. The van der Waals surface area contributed by atoms with E-state index in [4.69, 9.17) is 25.2 Å². The molecule has 0 aromatic heterocycles. The third kappa shape index (κ3) is 4.62. The molecule has 0 amide bonds. The third-order valence-electron chi connectivity index (χ3n) is 3.64. The maximum atomic E-state index is 9.10. The van der Waals surface area contributed by atoms with Gasteiger partial charge in [-0.15, -0.1) is 0 Å². The quantitative estimate of drug-likeness (QED) is 0.813. The average molecular weight is 290 g/mol. The first-order chi connectivity index (χ1) is 10.2. The molecular formula is C16H22N2O3. The predicted molar refractivity (Wildman–Crippen MR) is 79.4 cm³/mol. The summed E-state index contributed by atoms with van der Waals surface area (Å²) in [6.07, 6.45) is 4.14. The minimum absolute atomic E-state index is 0.199. The Morgan fingerprint density at radius 1 is 1.24 bits per heavy atom. The minimum atomic E-state index is 0.199. The van der Waals surface area contributed by atoms with E-state index in [1.165, 1.54) is 0 Å². The lowest BCUT2D eigenvalue weighted by Gasteiger charge is -2.27. The first-order valence-corrected chi connectivity index (χ1v) is 7.31. The zero-order valence-corrected chi connectivity index (χ0v) is 12.4. The topological polar surface area (TPSA) is 77.5 Å². The van der Waals surface area contributed by atoms with Crippen LogP contribution in [0.2, 0.25) is 0 Å². The van der Waals surface area contributed by atoms with Crippen molar-refractivity contribution in [1.82, 2.24) is 0 Å². The normalized spacial score (nSPS) is 21.6. The Kier molecular flexibility index (Phi) is 5.85. The molecule has 1 aliphatic carbocycles. The number of benzene rings is 1. The van der Waals surface area contributed by atoms with E-state index in [-0.39, 0.29) is 6.10 Å². The van der Waals surface area contributed by atoms with Crippen LogP contribution in [0.15, 0.2) is 18.2 Å². The van der Waals surface area contributed by atoms with Crippen molar-refractivity contribution in [3.8, 4) is 17.6 Å². The lowest BCUT2D eigenvalue weighted by Crippen LogP contribution is -2.31. The number of nitrogens with two attached hydrogens (primary N) is 1. The highest BCUT2D eigenvalue weighted by molar-refractivity contribution is 5.47. The summed E-state index contributed by atoms with van der Waals surface area (Å²) in [6, 6.07) is 7.75. The van der Waals surface area contributed by atoms with Crippen molar-refractivity contribution in [3.63, 3.8) is 0 Å². The second-order valence-corrected chi connectivity index (χ2v) is 5.27. The largest absolute Gasteiger partial charge is 0.490 e. The summed E-state index contributed by atoms with van der Waals surface area (Å²) in [7, 11) is 1.61. The van der Waals surface area contributed by atoms with Crippen molar-refractivity contribution in [1.29, 1.82) is 5.26 Å². The highest BCUT2D eigenvalue weighted by Crippen LogP contribution is 2.28. The molecule has 1 aliphatic rings. The van der Waals surface area contributed by atoms with Crippen molar-refractivity contribution in [2.45, 2.75) is 37.8 Å². The molecule has 0 heterocycles. The molecule has 0 bridgehead atoms. The molecule has 1 aromatic rings. The van der Waals surface area contributed by atoms with Crippen LogP contribution < -0.4 is 15.2 Å². The molecule has 0 atom stereocenters. The van der Waals surface area contributed by atoms with Crippen molar-refractivity contribution < 1.29 is 14.2 Å². The Morgan fingerprint density at radius 2 is 2.00 bits per heavy atom. The first kappa shape index (κ1) is 15.6. The van der Waals surface area contributed by atoms with E-state index in [1.54, 1.807) is 19.2 Å². The summed E-state index contributed by atoms with van der Waals surface area (Å²) in [6.45, 7) is 0.892. The molecule has 0 aliphatic heterocycles. The number of hydrogen-bond donors (Lipinski definition) is 1. The van der Waals surface area contributed by atoms with Crippen LogP contribution in [0.3, 0.4) is 0 Å². The molecule has 0 saturated heterocycles. The predicted octanol–water partition coefficient (Wildman–Crippen LogP) is 2.23. The summed E-state index contributed by atoms with van der Waals surface area (Å²) < 4.78 is 16.5. The maximum Gasteiger partial charge on any atom is 0.140 e. The Bertz CT molecular complexity index is 491. The fraction of sp³-hybridized carbons (Fsp3) is 0.562. The summed E-state index contributed by atoms with van der Waals surface area (Å²) in [5.41, 5.74) is 6.40. The SMILES string of the molecule is COCCOc1cc(OC2CCC(N)CC2)ccc1C#N. The first-order valence-electron chi connectivity index (χ1n) is 7.31. The summed E-state index contributed by atoms with van der Waals surface area (Å²) in [4.78, 5) is 0. The van der Waals surface area contributed by atoms with Gasteiger partial charge in [-0.2, -0.15) is 5.26 Å². The zero-order valence-electron chi connectivity index (χ0n) is 12.4. The highest BCUT2D eigenvalue weighted by atomic mass is 16.5. The van der Waals surface area contributed by atoms with E-state index in [0.717, 1.165) is 31.4 Å². The molecule has 2 rings (SSSR count). The fourth-order valence-electron chi connectivity index (χ4n) is 2.42. The van der Waals surface area contributed by atoms with Crippen LogP contribution in [0.5, 0.6) is 11.5 Å². The van der Waals surface area contributed by atoms with Gasteiger partial charge in [0.25, 0.3) is 0 Å². The van der Waals surface area contributed by atoms with Gasteiger partial charge in [0.2, 0.25) is 0 Å². The van der Waals surface area contributed by atoms with Gasteiger partial charge >= 0.3 is 0 Å². The van der Waals surface area contributed by atoms with Crippen LogP contribution in [0.4, 0.5) is 0 Å². The molecule has 21 heavy (non-hydrogen) atoms. The Hall–Kier alpha value is -1.77. The summed E-state index contributed by atoms with van der Waals surface area (Å²) in [5, 5.41) is 9.10. The van der Waals surface area contributed by atoms with E-state index in [1.807, 2.05) is 6.07 Å². The molecule has 2 N–H and O–H groups in total. The zero-order chi connectivity index (χ0) is 15.1. The van der Waals surface area contributed by atoms with Crippen molar-refractivity contribution in [2.24, 2.45) is 5.73 Å². The number of methoxy groups -OCH3 is 1. The van der Waals surface area contributed by atoms with Crippen LogP contribution in [0.25, 0.3) is 0 Å². The van der Waals surface area contributed by atoms with Gasteiger partial charge in [0, 0.05) is 19.2 Å². The van der Waals surface area contributed by atoms with E-state index in [9.17, 15) is 0 Å². The molecule has 1 aromatic carbocycles. The van der Waals surface area contributed by atoms with Crippen LogP contribution in [-0.2, 0) is 4.74 Å². The van der Waals surface area contributed by atoms with Gasteiger partial charge in [0.1, 0.15) is 24.2 Å². The lowest BCUT2D eigenvalue weighted by atomic mass is 9.94. The molecule has 0 radical (unpaired) electrons. The minimum Gasteiger partial charge on any atom is -0.490 e. The molecule has 1 fully saturated rings. The van der Waals surface area contributed by atoms with Gasteiger partial charge in [0.05, 0.1) is 18.3 Å². The lowest BCUT2D eigenvalue weighted by molar-refractivity contribution is 0.140. The number of ether oxygens (including phenoxy) is 3. The second-order valence-electron chi connectivity index (χ2n) is 5.27. The van der Waals surface area contributed by atoms with E-state index in [2.05, 4.69) is 6.07 Å². The molecule has 0 spiro atoms. The maximum absolute atomic E-state index is 9.10. The van der Waals surface area contributed by atoms with Gasteiger partial charge in [0.15, 0.2) is 0 Å². The molecular weight excluding hydrogens is 268 g/mol. The van der Waals surface area contributed by atoms with Crippen LogP contribution in [0, 0.1) is 11.3 Å². The number of hydrogen-bond acceptors (Lipinski definition) is 5. The Labute approximate surface area is 125 Å². The molecule has 0 unspecified atom stereocenters. The monoisotopic (exact) mass is 290 g/mol. The van der Waals surface area contributed by atoms with Gasteiger partial charge in [-0.3, -0.25) is 0 Å². The summed E-state index contributed by atoms with van der Waals surface area (Å²) >= 11 is 0. The third-order valence-corrected chi connectivity index (χ3v) is 3.64. The van der Waals surface area contributed by atoms with Crippen molar-refractivity contribution in [2.75, 3.05) is 20.3 Å². The van der Waals surface area contributed by atoms with Crippen molar-refractivity contribution >= 4 is 0 Å². The standard InChI is InChI=1S/C16H22N2O3/c1-19-8-9-20-16-10-15(5-2-12(16)11-17)21-14-6-3-13(18)4-7-14/h2,5,10,13-14H,3-4,6-9,18H2,1H3. The molecule has 1 saturated carbocycles. The van der Waals surface area contributed by atoms with Gasteiger partial charge in [-0.05, 0) is 37.8 Å².